The van der Waals surface area contributed by atoms with E-state index in [9.17, 15) is 14.0 Å². The Morgan fingerprint density at radius 1 is 1.36 bits per heavy atom. The van der Waals surface area contributed by atoms with Crippen LogP contribution < -0.4 is 10.1 Å². The third kappa shape index (κ3) is 5.35. The predicted molar refractivity (Wildman–Crippen MR) is 80.2 cm³/mol. The van der Waals surface area contributed by atoms with Crippen molar-refractivity contribution < 1.29 is 23.8 Å². The zero-order valence-corrected chi connectivity index (χ0v) is 13.3. The molecular weight excluding hydrogens is 289 g/mol. The molecule has 122 valence electrons. The van der Waals surface area contributed by atoms with Crippen molar-refractivity contribution in [2.24, 2.45) is 5.41 Å². The number of hydrogen-bond donors (Lipinski definition) is 2. The van der Waals surface area contributed by atoms with Crippen molar-refractivity contribution in [3.63, 3.8) is 0 Å². The van der Waals surface area contributed by atoms with Crippen LogP contribution in [0.4, 0.5) is 4.39 Å². The van der Waals surface area contributed by atoms with E-state index < -0.39 is 23.2 Å². The van der Waals surface area contributed by atoms with E-state index in [0.717, 1.165) is 0 Å². The number of carboxylic acids is 1. The molecule has 5 nitrogen and oxygen atoms in total. The Morgan fingerprint density at radius 3 is 2.55 bits per heavy atom. The van der Waals surface area contributed by atoms with Crippen LogP contribution in [-0.4, -0.2) is 24.1 Å². The molecule has 0 radical (unpaired) electrons. The largest absolute Gasteiger partial charge is 0.496 e. The SMILES string of the molecule is COc1ccc(F)cc1C(C)NC(=O)CC(C)(C)CC(=O)O. The fraction of sp³-hybridized carbons (Fsp3) is 0.500. The van der Waals surface area contributed by atoms with Crippen LogP contribution in [0.1, 0.15) is 45.2 Å². The number of nitrogens with one attached hydrogen (secondary N) is 1. The second-order valence-corrected chi connectivity index (χ2v) is 6.09. The summed E-state index contributed by atoms with van der Waals surface area (Å²) >= 11 is 0. The first-order chi connectivity index (χ1) is 10.1. The molecule has 0 bridgehead atoms. The quantitative estimate of drug-likeness (QED) is 0.812. The summed E-state index contributed by atoms with van der Waals surface area (Å²) < 4.78 is 18.5. The molecule has 1 rings (SSSR count). The second kappa shape index (κ2) is 7.24. The number of amides is 1. The van der Waals surface area contributed by atoms with Gasteiger partial charge in [0.15, 0.2) is 0 Å². The summed E-state index contributed by atoms with van der Waals surface area (Å²) in [6.07, 6.45) is -0.0284. The maximum Gasteiger partial charge on any atom is 0.303 e. The van der Waals surface area contributed by atoms with E-state index >= 15 is 0 Å². The maximum absolute atomic E-state index is 13.4. The highest BCUT2D eigenvalue weighted by atomic mass is 19.1. The molecule has 1 aromatic carbocycles. The molecule has 0 saturated carbocycles. The summed E-state index contributed by atoms with van der Waals surface area (Å²) in [6, 6.07) is 3.65. The lowest BCUT2D eigenvalue weighted by Gasteiger charge is -2.23. The summed E-state index contributed by atoms with van der Waals surface area (Å²) in [4.78, 5) is 22.8. The number of aliphatic carboxylic acids is 1. The van der Waals surface area contributed by atoms with Gasteiger partial charge in [-0.15, -0.1) is 0 Å². The van der Waals surface area contributed by atoms with Gasteiger partial charge in [0, 0.05) is 12.0 Å². The van der Waals surface area contributed by atoms with Crippen LogP contribution in [0, 0.1) is 11.2 Å². The Morgan fingerprint density at radius 2 is 2.00 bits per heavy atom. The van der Waals surface area contributed by atoms with Gasteiger partial charge in [-0.3, -0.25) is 9.59 Å². The first-order valence-electron chi connectivity index (χ1n) is 6.99. The number of carboxylic acid groups (broad SMARTS) is 1. The fourth-order valence-electron chi connectivity index (χ4n) is 2.32. The van der Waals surface area contributed by atoms with E-state index in [1.165, 1.54) is 25.3 Å². The van der Waals surface area contributed by atoms with Crippen LogP contribution in [0.2, 0.25) is 0 Å². The number of hydrogen-bond acceptors (Lipinski definition) is 3. The Balaban J connectivity index is 2.76. The van der Waals surface area contributed by atoms with Crippen molar-refractivity contribution in [3.8, 4) is 5.75 Å². The minimum Gasteiger partial charge on any atom is -0.496 e. The first-order valence-corrected chi connectivity index (χ1v) is 6.99. The molecule has 1 aromatic rings. The first kappa shape index (κ1) is 17.9. The molecule has 0 fully saturated rings. The van der Waals surface area contributed by atoms with Gasteiger partial charge in [-0.25, -0.2) is 4.39 Å². The Labute approximate surface area is 129 Å². The predicted octanol–water partition coefficient (Wildman–Crippen LogP) is 2.90. The third-order valence-electron chi connectivity index (χ3n) is 3.30. The zero-order chi connectivity index (χ0) is 16.9. The lowest BCUT2D eigenvalue weighted by Crippen LogP contribution is -2.32. The molecule has 1 amide bonds. The number of carbonyl (C=O) groups excluding carboxylic acids is 1. The van der Waals surface area contributed by atoms with Gasteiger partial charge in [-0.05, 0) is 30.5 Å². The summed E-state index contributed by atoms with van der Waals surface area (Å²) in [7, 11) is 1.47. The molecule has 0 aliphatic carbocycles. The van der Waals surface area contributed by atoms with Gasteiger partial charge < -0.3 is 15.2 Å². The Kier molecular flexibility index (Phi) is 5.91. The van der Waals surface area contributed by atoms with Crippen LogP contribution in [0.15, 0.2) is 18.2 Å². The van der Waals surface area contributed by atoms with E-state index in [1.807, 2.05) is 0 Å². The molecule has 0 aliphatic rings. The number of methoxy groups -OCH3 is 1. The highest BCUT2D eigenvalue weighted by molar-refractivity contribution is 5.78. The van der Waals surface area contributed by atoms with E-state index in [-0.39, 0.29) is 18.7 Å². The fourth-order valence-corrected chi connectivity index (χ4v) is 2.32. The van der Waals surface area contributed by atoms with E-state index in [2.05, 4.69) is 5.32 Å². The van der Waals surface area contributed by atoms with Crippen molar-refractivity contribution in [2.45, 2.75) is 39.7 Å². The molecule has 0 aromatic heterocycles. The van der Waals surface area contributed by atoms with Crippen LogP contribution >= 0.6 is 0 Å². The monoisotopic (exact) mass is 311 g/mol. The summed E-state index contributed by atoms with van der Waals surface area (Å²) in [6.45, 7) is 5.15. The average Bonchev–Trinajstić information content (AvgIpc) is 2.35. The minimum absolute atomic E-state index is 0.0707. The molecule has 0 aliphatic heterocycles. The van der Waals surface area contributed by atoms with Gasteiger partial charge in [-0.1, -0.05) is 13.8 Å². The lowest BCUT2D eigenvalue weighted by atomic mass is 9.85. The molecule has 0 heterocycles. The number of halogens is 1. The van der Waals surface area contributed by atoms with Crippen LogP contribution in [-0.2, 0) is 9.59 Å². The number of rotatable bonds is 7. The third-order valence-corrected chi connectivity index (χ3v) is 3.30. The molecule has 6 heteroatoms. The average molecular weight is 311 g/mol. The summed E-state index contributed by atoms with van der Waals surface area (Å²) in [5.74, 6) is -1.16. The van der Waals surface area contributed by atoms with Crippen LogP contribution in [0.3, 0.4) is 0 Å². The maximum atomic E-state index is 13.4. The zero-order valence-electron chi connectivity index (χ0n) is 13.3. The van der Waals surface area contributed by atoms with Crippen molar-refractivity contribution in [1.82, 2.24) is 5.32 Å². The van der Waals surface area contributed by atoms with Gasteiger partial charge >= 0.3 is 5.97 Å². The summed E-state index contributed by atoms with van der Waals surface area (Å²) in [5, 5.41) is 11.6. The standard InChI is InChI=1S/C16H22FNO4/c1-10(12-7-11(17)5-6-13(12)22-4)18-14(19)8-16(2,3)9-15(20)21/h5-7,10H,8-9H2,1-4H3,(H,18,19)(H,20,21). The Hall–Kier alpha value is -2.11. The van der Waals surface area contributed by atoms with Gasteiger partial charge in [0.05, 0.1) is 19.6 Å². The molecule has 0 saturated heterocycles. The van der Waals surface area contributed by atoms with Gasteiger partial charge in [-0.2, -0.15) is 0 Å². The van der Waals surface area contributed by atoms with E-state index in [0.29, 0.717) is 11.3 Å². The van der Waals surface area contributed by atoms with Gasteiger partial charge in [0.2, 0.25) is 5.91 Å². The topological polar surface area (TPSA) is 75.6 Å². The molecule has 0 spiro atoms. The van der Waals surface area contributed by atoms with E-state index in [4.69, 9.17) is 9.84 Å². The number of benzene rings is 1. The lowest BCUT2D eigenvalue weighted by molar-refractivity contribution is -0.139. The smallest absolute Gasteiger partial charge is 0.303 e. The molecule has 1 unspecified atom stereocenters. The van der Waals surface area contributed by atoms with Gasteiger partial charge in [0.1, 0.15) is 11.6 Å². The Bertz CT molecular complexity index is 557. The highest BCUT2D eigenvalue weighted by Crippen LogP contribution is 2.28. The van der Waals surface area contributed by atoms with Crippen molar-refractivity contribution in [1.29, 1.82) is 0 Å². The van der Waals surface area contributed by atoms with Crippen molar-refractivity contribution in [2.75, 3.05) is 7.11 Å². The number of ether oxygens (including phenoxy) is 1. The van der Waals surface area contributed by atoms with Crippen molar-refractivity contribution in [3.05, 3.63) is 29.6 Å². The molecule has 22 heavy (non-hydrogen) atoms. The molecule has 1 atom stereocenters. The van der Waals surface area contributed by atoms with E-state index in [1.54, 1.807) is 20.8 Å². The van der Waals surface area contributed by atoms with Gasteiger partial charge in [0.25, 0.3) is 0 Å². The summed E-state index contributed by atoms with van der Waals surface area (Å²) in [5.41, 5.74) is -0.117. The van der Waals surface area contributed by atoms with Crippen LogP contribution in [0.5, 0.6) is 5.75 Å². The van der Waals surface area contributed by atoms with Crippen molar-refractivity contribution >= 4 is 11.9 Å². The molecule has 2 N–H and O–H groups in total. The second-order valence-electron chi connectivity index (χ2n) is 6.09. The molecular formula is C16H22FNO4. The van der Waals surface area contributed by atoms with Crippen LogP contribution in [0.25, 0.3) is 0 Å². The minimum atomic E-state index is -0.947. The number of carbonyl (C=O) groups is 2. The normalized spacial score (nSPS) is 12.6. The highest BCUT2D eigenvalue weighted by Gasteiger charge is 2.26.